The maximum atomic E-state index is 12.0. The van der Waals surface area contributed by atoms with Crippen LogP contribution in [0.25, 0.3) is 0 Å². The molecule has 1 aromatic rings. The Kier molecular flexibility index (Phi) is 4.35. The summed E-state index contributed by atoms with van der Waals surface area (Å²) in [5, 5.41) is 6.35. The van der Waals surface area contributed by atoms with Crippen LogP contribution < -0.4 is 10.6 Å². The van der Waals surface area contributed by atoms with Crippen molar-refractivity contribution in [3.05, 3.63) is 28.5 Å². The lowest BCUT2D eigenvalue weighted by molar-refractivity contribution is 0.0919. The van der Waals surface area contributed by atoms with E-state index in [0.29, 0.717) is 12.2 Å². The molecule has 0 bridgehead atoms. The fraction of sp³-hybridized carbons (Fsp3) is 0.538. The number of aromatic nitrogens is 1. The molecule has 18 heavy (non-hydrogen) atoms. The van der Waals surface area contributed by atoms with Gasteiger partial charge in [-0.15, -0.1) is 0 Å². The highest BCUT2D eigenvalue weighted by molar-refractivity contribution is 9.10. The highest BCUT2D eigenvalue weighted by Gasteiger charge is 2.27. The predicted molar refractivity (Wildman–Crippen MR) is 74.5 cm³/mol. The Bertz CT molecular complexity index is 430. The normalized spacial score (nSPS) is 23.7. The molecule has 1 aliphatic heterocycles. The lowest BCUT2D eigenvalue weighted by atomic mass is 9.83. The van der Waals surface area contributed by atoms with Crippen molar-refractivity contribution in [2.45, 2.75) is 19.8 Å². The average molecular weight is 312 g/mol. The molecule has 1 atom stereocenters. The molecule has 2 rings (SSSR count). The van der Waals surface area contributed by atoms with E-state index in [-0.39, 0.29) is 11.3 Å². The fourth-order valence-electron chi connectivity index (χ4n) is 2.20. The first-order chi connectivity index (χ1) is 8.61. The van der Waals surface area contributed by atoms with Gasteiger partial charge in [0.2, 0.25) is 0 Å². The molecule has 1 unspecified atom stereocenters. The SMILES string of the molecule is CC1(CNC(=O)c2ncccc2Br)CCCNC1. The number of amides is 1. The van der Waals surface area contributed by atoms with Crippen LogP contribution in [-0.4, -0.2) is 30.5 Å². The topological polar surface area (TPSA) is 54.0 Å². The molecular formula is C13H18BrN3O. The fourth-order valence-corrected chi connectivity index (χ4v) is 2.63. The number of rotatable bonds is 3. The van der Waals surface area contributed by atoms with Crippen LogP contribution in [0.4, 0.5) is 0 Å². The van der Waals surface area contributed by atoms with Crippen molar-refractivity contribution in [1.82, 2.24) is 15.6 Å². The quantitative estimate of drug-likeness (QED) is 0.897. The standard InChI is InChI=1S/C13H18BrN3O/c1-13(5-3-6-15-8-13)9-17-12(18)11-10(14)4-2-7-16-11/h2,4,7,15H,3,5-6,8-9H2,1H3,(H,17,18). The Morgan fingerprint density at radius 2 is 2.50 bits per heavy atom. The van der Waals surface area contributed by atoms with Gasteiger partial charge in [-0.2, -0.15) is 0 Å². The van der Waals surface area contributed by atoms with Crippen LogP contribution in [0.2, 0.25) is 0 Å². The summed E-state index contributed by atoms with van der Waals surface area (Å²) in [7, 11) is 0. The van der Waals surface area contributed by atoms with E-state index >= 15 is 0 Å². The number of nitrogens with one attached hydrogen (secondary N) is 2. The van der Waals surface area contributed by atoms with Crippen LogP contribution in [0, 0.1) is 5.41 Å². The van der Waals surface area contributed by atoms with E-state index in [1.165, 1.54) is 6.42 Å². The summed E-state index contributed by atoms with van der Waals surface area (Å²) >= 11 is 3.34. The number of nitrogens with zero attached hydrogens (tertiary/aromatic N) is 1. The second kappa shape index (κ2) is 5.80. The molecule has 2 heterocycles. The molecule has 1 aromatic heterocycles. The van der Waals surface area contributed by atoms with Gasteiger partial charge in [0.15, 0.2) is 0 Å². The zero-order valence-electron chi connectivity index (χ0n) is 10.5. The molecule has 0 saturated carbocycles. The molecule has 4 nitrogen and oxygen atoms in total. The molecule has 0 aromatic carbocycles. The summed E-state index contributed by atoms with van der Waals surface area (Å²) in [6.45, 7) is 4.92. The highest BCUT2D eigenvalue weighted by atomic mass is 79.9. The number of hydrogen-bond acceptors (Lipinski definition) is 3. The van der Waals surface area contributed by atoms with E-state index in [0.717, 1.165) is 24.0 Å². The first-order valence-corrected chi connectivity index (χ1v) is 6.99. The van der Waals surface area contributed by atoms with Crippen LogP contribution in [0.1, 0.15) is 30.3 Å². The third-order valence-electron chi connectivity index (χ3n) is 3.33. The van der Waals surface area contributed by atoms with Gasteiger partial charge < -0.3 is 10.6 Å². The van der Waals surface area contributed by atoms with Crippen molar-refractivity contribution < 1.29 is 4.79 Å². The largest absolute Gasteiger partial charge is 0.350 e. The van der Waals surface area contributed by atoms with Gasteiger partial charge in [-0.3, -0.25) is 4.79 Å². The second-order valence-electron chi connectivity index (χ2n) is 5.11. The number of halogens is 1. The minimum absolute atomic E-state index is 0.116. The van der Waals surface area contributed by atoms with Crippen molar-refractivity contribution in [2.75, 3.05) is 19.6 Å². The number of hydrogen-bond donors (Lipinski definition) is 2. The average Bonchev–Trinajstić information content (AvgIpc) is 2.38. The van der Waals surface area contributed by atoms with Gasteiger partial charge in [0.25, 0.3) is 5.91 Å². The Morgan fingerprint density at radius 3 is 3.17 bits per heavy atom. The van der Waals surface area contributed by atoms with Gasteiger partial charge >= 0.3 is 0 Å². The Balaban J connectivity index is 1.94. The number of carbonyl (C=O) groups is 1. The van der Waals surface area contributed by atoms with Crippen LogP contribution in [-0.2, 0) is 0 Å². The predicted octanol–water partition coefficient (Wildman–Crippen LogP) is 1.96. The second-order valence-corrected chi connectivity index (χ2v) is 5.96. The number of pyridine rings is 1. The van der Waals surface area contributed by atoms with E-state index in [1.54, 1.807) is 12.3 Å². The van der Waals surface area contributed by atoms with E-state index < -0.39 is 0 Å². The Labute approximate surface area is 116 Å². The molecule has 0 radical (unpaired) electrons. The molecule has 2 N–H and O–H groups in total. The first kappa shape index (κ1) is 13.5. The van der Waals surface area contributed by atoms with E-state index in [2.05, 4.69) is 38.5 Å². The molecule has 5 heteroatoms. The number of carbonyl (C=O) groups excluding carboxylic acids is 1. The van der Waals surface area contributed by atoms with Gasteiger partial charge in [-0.1, -0.05) is 6.92 Å². The van der Waals surface area contributed by atoms with Crippen molar-refractivity contribution in [2.24, 2.45) is 5.41 Å². The van der Waals surface area contributed by atoms with Crippen molar-refractivity contribution in [3.8, 4) is 0 Å². The molecule has 1 amide bonds. The zero-order valence-corrected chi connectivity index (χ0v) is 12.1. The summed E-state index contributed by atoms with van der Waals surface area (Å²) in [6.07, 6.45) is 3.94. The monoisotopic (exact) mass is 311 g/mol. The molecule has 0 spiro atoms. The summed E-state index contributed by atoms with van der Waals surface area (Å²) < 4.78 is 0.731. The third kappa shape index (κ3) is 3.29. The molecule has 98 valence electrons. The third-order valence-corrected chi connectivity index (χ3v) is 3.97. The van der Waals surface area contributed by atoms with Gasteiger partial charge in [-0.05, 0) is 52.9 Å². The summed E-state index contributed by atoms with van der Waals surface area (Å²) in [6, 6.07) is 3.62. The van der Waals surface area contributed by atoms with E-state index in [9.17, 15) is 4.79 Å². The van der Waals surface area contributed by atoms with Gasteiger partial charge in [0, 0.05) is 23.8 Å². The van der Waals surface area contributed by atoms with Gasteiger partial charge in [0.05, 0.1) is 0 Å². The zero-order chi connectivity index (χ0) is 13.0. The van der Waals surface area contributed by atoms with Crippen LogP contribution in [0.15, 0.2) is 22.8 Å². The van der Waals surface area contributed by atoms with Crippen LogP contribution in [0.3, 0.4) is 0 Å². The van der Waals surface area contributed by atoms with Crippen molar-refractivity contribution in [3.63, 3.8) is 0 Å². The lowest BCUT2D eigenvalue weighted by Crippen LogP contribution is -2.45. The Morgan fingerprint density at radius 1 is 1.67 bits per heavy atom. The molecule has 1 saturated heterocycles. The van der Waals surface area contributed by atoms with Crippen LogP contribution >= 0.6 is 15.9 Å². The van der Waals surface area contributed by atoms with Crippen molar-refractivity contribution in [1.29, 1.82) is 0 Å². The Hall–Kier alpha value is -0.940. The minimum atomic E-state index is -0.116. The van der Waals surface area contributed by atoms with Crippen molar-refractivity contribution >= 4 is 21.8 Å². The molecule has 1 fully saturated rings. The summed E-state index contributed by atoms with van der Waals surface area (Å²) in [5.41, 5.74) is 0.597. The minimum Gasteiger partial charge on any atom is -0.350 e. The maximum absolute atomic E-state index is 12.0. The van der Waals surface area contributed by atoms with Crippen LogP contribution in [0.5, 0.6) is 0 Å². The maximum Gasteiger partial charge on any atom is 0.271 e. The smallest absolute Gasteiger partial charge is 0.271 e. The van der Waals surface area contributed by atoms with E-state index in [4.69, 9.17) is 0 Å². The molecule has 1 aliphatic rings. The number of piperidine rings is 1. The van der Waals surface area contributed by atoms with E-state index in [1.807, 2.05) is 6.07 Å². The highest BCUT2D eigenvalue weighted by Crippen LogP contribution is 2.24. The summed E-state index contributed by atoms with van der Waals surface area (Å²) in [5.74, 6) is -0.116. The first-order valence-electron chi connectivity index (χ1n) is 6.20. The molecular weight excluding hydrogens is 294 g/mol. The summed E-state index contributed by atoms with van der Waals surface area (Å²) in [4.78, 5) is 16.1. The van der Waals surface area contributed by atoms with Gasteiger partial charge in [0.1, 0.15) is 5.69 Å². The molecule has 0 aliphatic carbocycles. The van der Waals surface area contributed by atoms with Gasteiger partial charge in [-0.25, -0.2) is 4.98 Å². The lowest BCUT2D eigenvalue weighted by Gasteiger charge is -2.34.